The summed E-state index contributed by atoms with van der Waals surface area (Å²) in [4.78, 5) is 35.1. The Labute approximate surface area is 158 Å². The Morgan fingerprint density at radius 3 is 2.33 bits per heavy atom. The van der Waals surface area contributed by atoms with Crippen LogP contribution < -0.4 is 10.6 Å². The third kappa shape index (κ3) is 7.54. The maximum atomic E-state index is 12.1. The van der Waals surface area contributed by atoms with E-state index in [1.165, 1.54) is 7.11 Å². The Morgan fingerprint density at radius 2 is 1.74 bits per heavy atom. The molecule has 0 aromatic carbocycles. The van der Waals surface area contributed by atoms with Gasteiger partial charge in [-0.2, -0.15) is 0 Å². The van der Waals surface area contributed by atoms with Crippen molar-refractivity contribution >= 4 is 17.8 Å². The number of amides is 2. The summed E-state index contributed by atoms with van der Waals surface area (Å²) >= 11 is 0. The molecule has 0 aliphatic carbocycles. The van der Waals surface area contributed by atoms with E-state index in [1.807, 2.05) is 0 Å². The van der Waals surface area contributed by atoms with Crippen molar-refractivity contribution in [1.29, 1.82) is 0 Å². The SMILES string of the molecule is C#CCNC(=O)CC1OC(CNC(=O)CC(C)(C)CC(=O)OC)C(O)C1O. The van der Waals surface area contributed by atoms with Gasteiger partial charge in [-0.1, -0.05) is 19.8 Å². The van der Waals surface area contributed by atoms with Crippen molar-refractivity contribution in [2.45, 2.75) is 57.5 Å². The molecule has 4 unspecified atom stereocenters. The molecule has 1 rings (SSSR count). The number of hydrogen-bond acceptors (Lipinski definition) is 7. The van der Waals surface area contributed by atoms with Gasteiger partial charge in [0.15, 0.2) is 0 Å². The van der Waals surface area contributed by atoms with E-state index in [-0.39, 0.29) is 38.3 Å². The highest BCUT2D eigenvalue weighted by Crippen LogP contribution is 2.26. The topological polar surface area (TPSA) is 134 Å². The zero-order chi connectivity index (χ0) is 20.6. The fourth-order valence-corrected chi connectivity index (χ4v) is 2.80. The minimum Gasteiger partial charge on any atom is -0.469 e. The number of aliphatic hydroxyl groups is 2. The molecule has 0 aromatic heterocycles. The predicted molar refractivity (Wildman–Crippen MR) is 95.2 cm³/mol. The molecule has 4 N–H and O–H groups in total. The Hall–Kier alpha value is -2.15. The molecule has 9 heteroatoms. The molecule has 4 atom stereocenters. The van der Waals surface area contributed by atoms with Crippen molar-refractivity contribution in [3.8, 4) is 12.3 Å². The lowest BCUT2D eigenvalue weighted by atomic mass is 9.85. The number of carbonyl (C=O) groups is 3. The second-order valence-corrected chi connectivity index (χ2v) is 7.28. The highest BCUT2D eigenvalue weighted by molar-refractivity contribution is 5.78. The van der Waals surface area contributed by atoms with Gasteiger partial charge in [0.1, 0.15) is 18.3 Å². The molecule has 1 aliphatic rings. The minimum atomic E-state index is -1.25. The van der Waals surface area contributed by atoms with E-state index in [0.717, 1.165) is 0 Å². The van der Waals surface area contributed by atoms with Crippen LogP contribution in [-0.4, -0.2) is 72.6 Å². The average molecular weight is 384 g/mol. The molecule has 152 valence electrons. The molecule has 0 bridgehead atoms. The van der Waals surface area contributed by atoms with Crippen molar-refractivity contribution in [1.82, 2.24) is 10.6 Å². The van der Waals surface area contributed by atoms with Crippen LogP contribution in [0.5, 0.6) is 0 Å². The Bertz CT molecular complexity index is 585. The molecule has 1 fully saturated rings. The lowest BCUT2D eigenvalue weighted by Crippen LogP contribution is -2.41. The van der Waals surface area contributed by atoms with Crippen LogP contribution in [0.1, 0.15) is 33.1 Å². The van der Waals surface area contributed by atoms with Gasteiger partial charge >= 0.3 is 5.97 Å². The molecule has 27 heavy (non-hydrogen) atoms. The molecule has 1 saturated heterocycles. The number of aliphatic hydroxyl groups excluding tert-OH is 2. The summed E-state index contributed by atoms with van der Waals surface area (Å²) in [5.74, 6) is 1.12. The number of hydrogen-bond donors (Lipinski definition) is 4. The van der Waals surface area contributed by atoms with Gasteiger partial charge in [-0.25, -0.2) is 0 Å². The van der Waals surface area contributed by atoms with Gasteiger partial charge in [0.25, 0.3) is 0 Å². The number of rotatable bonds is 9. The fourth-order valence-electron chi connectivity index (χ4n) is 2.80. The quantitative estimate of drug-likeness (QED) is 0.287. The van der Waals surface area contributed by atoms with E-state index in [1.54, 1.807) is 13.8 Å². The standard InChI is InChI=1S/C18H28N2O7/c1-5-6-19-13(21)7-11-16(24)17(25)12(27-11)10-20-14(22)8-18(2,3)9-15(23)26-4/h1,11-12,16-17,24-25H,6-10H2,2-4H3,(H,19,21)(H,20,22). The highest BCUT2D eigenvalue weighted by atomic mass is 16.5. The van der Waals surface area contributed by atoms with Crippen LogP contribution >= 0.6 is 0 Å². The minimum absolute atomic E-state index is 0.0339. The number of methoxy groups -OCH3 is 1. The summed E-state index contributed by atoms with van der Waals surface area (Å²) in [7, 11) is 1.28. The van der Waals surface area contributed by atoms with E-state index in [2.05, 4.69) is 21.3 Å². The first-order valence-electron chi connectivity index (χ1n) is 8.65. The van der Waals surface area contributed by atoms with Crippen molar-refractivity contribution in [3.05, 3.63) is 0 Å². The maximum Gasteiger partial charge on any atom is 0.306 e. The number of terminal acetylenes is 1. The van der Waals surface area contributed by atoms with E-state index in [0.29, 0.717) is 0 Å². The second-order valence-electron chi connectivity index (χ2n) is 7.28. The van der Waals surface area contributed by atoms with Crippen molar-refractivity contribution in [2.75, 3.05) is 20.2 Å². The van der Waals surface area contributed by atoms with Crippen LogP contribution in [0.2, 0.25) is 0 Å². The predicted octanol–water partition coefficient (Wildman–Crippen LogP) is -1.29. The summed E-state index contributed by atoms with van der Waals surface area (Å²) in [6.07, 6.45) is 0.830. The molecule has 0 saturated carbocycles. The molecule has 9 nitrogen and oxygen atoms in total. The Kier molecular flexibility index (Phi) is 8.69. The second kappa shape index (κ2) is 10.3. The molecule has 1 aliphatic heterocycles. The first-order valence-corrected chi connectivity index (χ1v) is 8.65. The third-order valence-electron chi connectivity index (χ3n) is 4.23. The summed E-state index contributed by atoms with van der Waals surface area (Å²) < 4.78 is 10.1. The molecule has 2 amide bonds. The number of esters is 1. The van der Waals surface area contributed by atoms with Gasteiger partial charge in [0.05, 0.1) is 32.6 Å². The molecular weight excluding hydrogens is 356 g/mol. The molecule has 0 aromatic rings. The Balaban J connectivity index is 2.48. The number of carbonyl (C=O) groups excluding carboxylic acids is 3. The largest absolute Gasteiger partial charge is 0.469 e. The van der Waals surface area contributed by atoms with Gasteiger partial charge in [-0.05, 0) is 5.41 Å². The van der Waals surface area contributed by atoms with Crippen LogP contribution in [0.4, 0.5) is 0 Å². The lowest BCUT2D eigenvalue weighted by molar-refractivity contribution is -0.143. The van der Waals surface area contributed by atoms with Crippen LogP contribution in [0, 0.1) is 17.8 Å². The third-order valence-corrected chi connectivity index (χ3v) is 4.23. The van der Waals surface area contributed by atoms with E-state index < -0.39 is 41.7 Å². The van der Waals surface area contributed by atoms with Gasteiger partial charge in [-0.15, -0.1) is 6.42 Å². The summed E-state index contributed by atoms with van der Waals surface area (Å²) in [6, 6.07) is 0. The first kappa shape index (κ1) is 22.9. The van der Waals surface area contributed by atoms with E-state index >= 15 is 0 Å². The van der Waals surface area contributed by atoms with Crippen LogP contribution in [-0.2, 0) is 23.9 Å². The van der Waals surface area contributed by atoms with Gasteiger partial charge in [-0.3, -0.25) is 14.4 Å². The zero-order valence-corrected chi connectivity index (χ0v) is 15.9. The first-order chi connectivity index (χ1) is 12.6. The van der Waals surface area contributed by atoms with Crippen molar-refractivity contribution < 1.29 is 34.1 Å². The fraction of sp³-hybridized carbons (Fsp3) is 0.722. The average Bonchev–Trinajstić information content (AvgIpc) is 2.85. The highest BCUT2D eigenvalue weighted by Gasteiger charge is 2.43. The van der Waals surface area contributed by atoms with E-state index in [9.17, 15) is 24.6 Å². The number of nitrogens with one attached hydrogen (secondary N) is 2. The van der Waals surface area contributed by atoms with Crippen LogP contribution in [0.25, 0.3) is 0 Å². The lowest BCUT2D eigenvalue weighted by Gasteiger charge is -2.23. The van der Waals surface area contributed by atoms with Gasteiger partial charge in [0, 0.05) is 13.0 Å². The summed E-state index contributed by atoms with van der Waals surface area (Å²) in [6.45, 7) is 3.55. The molecule has 1 heterocycles. The molecule has 0 radical (unpaired) electrons. The monoisotopic (exact) mass is 384 g/mol. The van der Waals surface area contributed by atoms with Gasteiger partial charge < -0.3 is 30.3 Å². The smallest absolute Gasteiger partial charge is 0.306 e. The van der Waals surface area contributed by atoms with E-state index in [4.69, 9.17) is 11.2 Å². The van der Waals surface area contributed by atoms with Crippen molar-refractivity contribution in [2.24, 2.45) is 5.41 Å². The normalized spacial score (nSPS) is 24.7. The van der Waals surface area contributed by atoms with Crippen molar-refractivity contribution in [3.63, 3.8) is 0 Å². The molecule has 0 spiro atoms. The maximum absolute atomic E-state index is 12.1. The zero-order valence-electron chi connectivity index (χ0n) is 15.9. The number of ether oxygens (including phenoxy) is 2. The van der Waals surface area contributed by atoms with Crippen LogP contribution in [0.3, 0.4) is 0 Å². The Morgan fingerprint density at radius 1 is 1.11 bits per heavy atom. The summed E-state index contributed by atoms with van der Waals surface area (Å²) in [5.41, 5.74) is -0.594. The summed E-state index contributed by atoms with van der Waals surface area (Å²) in [5, 5.41) is 25.1. The van der Waals surface area contributed by atoms with Gasteiger partial charge in [0.2, 0.25) is 11.8 Å². The van der Waals surface area contributed by atoms with Crippen LogP contribution in [0.15, 0.2) is 0 Å². The molecular formula is C18H28N2O7.